The van der Waals surface area contributed by atoms with Crippen LogP contribution in [0.15, 0.2) is 54.6 Å². The molecule has 1 amide bonds. The summed E-state index contributed by atoms with van der Waals surface area (Å²) in [5.41, 5.74) is 2.38. The fourth-order valence-corrected chi connectivity index (χ4v) is 3.57. The Bertz CT molecular complexity index is 981. The van der Waals surface area contributed by atoms with E-state index in [1.54, 1.807) is 6.07 Å². The zero-order valence-corrected chi connectivity index (χ0v) is 16.2. The number of amides is 1. The van der Waals surface area contributed by atoms with Crippen LogP contribution in [0.4, 0.5) is 10.2 Å². The molecule has 1 aromatic heterocycles. The molecule has 4 rings (SSSR count). The number of halogens is 1. The highest BCUT2D eigenvalue weighted by Crippen LogP contribution is 2.24. The van der Waals surface area contributed by atoms with Gasteiger partial charge in [-0.1, -0.05) is 30.3 Å². The fourth-order valence-electron chi connectivity index (χ4n) is 3.57. The van der Waals surface area contributed by atoms with E-state index in [9.17, 15) is 9.18 Å². The molecule has 0 saturated carbocycles. The highest BCUT2D eigenvalue weighted by Gasteiger charge is 2.23. The first-order valence-electron chi connectivity index (χ1n) is 9.64. The number of anilines is 1. The topological polar surface area (TPSA) is 70.2 Å². The van der Waals surface area contributed by atoms with Crippen molar-refractivity contribution >= 4 is 11.7 Å². The average Bonchev–Trinajstić information content (AvgIpc) is 3.25. The minimum Gasteiger partial charge on any atom is -0.494 e. The Morgan fingerprint density at radius 3 is 2.62 bits per heavy atom. The predicted molar refractivity (Wildman–Crippen MR) is 110 cm³/mol. The van der Waals surface area contributed by atoms with Crippen LogP contribution in [0.5, 0.6) is 5.75 Å². The lowest BCUT2D eigenvalue weighted by Gasteiger charge is -2.32. The minimum absolute atomic E-state index is 0.0523. The van der Waals surface area contributed by atoms with Crippen molar-refractivity contribution < 1.29 is 13.9 Å². The summed E-state index contributed by atoms with van der Waals surface area (Å²) in [4.78, 5) is 14.6. The molecule has 0 aliphatic carbocycles. The summed E-state index contributed by atoms with van der Waals surface area (Å²) in [6, 6.07) is 16.4. The van der Waals surface area contributed by atoms with Crippen molar-refractivity contribution in [2.45, 2.75) is 18.9 Å². The number of nitrogens with one attached hydrogen (secondary N) is 2. The summed E-state index contributed by atoms with van der Waals surface area (Å²) in [5, 5.41) is 10.5. The molecule has 6 nitrogen and oxygen atoms in total. The zero-order chi connectivity index (χ0) is 20.2. The van der Waals surface area contributed by atoms with Gasteiger partial charge < -0.3 is 15.0 Å². The number of methoxy groups -OCH3 is 1. The van der Waals surface area contributed by atoms with Crippen LogP contribution in [0.3, 0.4) is 0 Å². The molecule has 2 heterocycles. The van der Waals surface area contributed by atoms with Crippen LogP contribution in [-0.2, 0) is 0 Å². The number of piperidine rings is 1. The summed E-state index contributed by atoms with van der Waals surface area (Å²) in [6.45, 7) is 1.59. The number of carbonyl (C=O) groups excluding carboxylic acids is 1. The number of hydrogen-bond acceptors (Lipinski definition) is 4. The van der Waals surface area contributed by atoms with Gasteiger partial charge in [0.15, 0.2) is 17.4 Å². The Labute approximate surface area is 168 Å². The Kier molecular flexibility index (Phi) is 5.46. The van der Waals surface area contributed by atoms with Crippen LogP contribution in [0.1, 0.15) is 23.2 Å². The van der Waals surface area contributed by atoms with Crippen molar-refractivity contribution in [1.82, 2.24) is 15.5 Å². The lowest BCUT2D eigenvalue weighted by atomic mass is 10.0. The number of aromatic amines is 1. The highest BCUT2D eigenvalue weighted by atomic mass is 19.1. The number of aromatic nitrogens is 2. The molecule has 1 aliphatic heterocycles. The van der Waals surface area contributed by atoms with Gasteiger partial charge >= 0.3 is 0 Å². The quantitative estimate of drug-likeness (QED) is 0.693. The van der Waals surface area contributed by atoms with Gasteiger partial charge in [-0.15, -0.1) is 0 Å². The lowest BCUT2D eigenvalue weighted by molar-refractivity contribution is 0.0930. The average molecular weight is 394 g/mol. The Hall–Kier alpha value is -3.35. The molecular formula is C22H23FN4O2. The predicted octanol–water partition coefficient (Wildman–Crippen LogP) is 3.62. The molecular weight excluding hydrogens is 371 g/mol. The van der Waals surface area contributed by atoms with Crippen LogP contribution < -0.4 is 15.0 Å². The summed E-state index contributed by atoms with van der Waals surface area (Å²) < 4.78 is 18.7. The first kappa shape index (κ1) is 19.0. The molecule has 0 radical (unpaired) electrons. The molecule has 0 spiro atoms. The standard InChI is InChI=1S/C22H23FN4O2/c1-29-20-8-7-16(13-18(20)23)22(28)24-17-9-11-27(12-10-17)21-14-19(25-26-21)15-5-3-2-4-6-15/h2-8,13-14,17H,9-12H2,1H3,(H,24,28)(H,25,26). The number of hydrogen-bond donors (Lipinski definition) is 2. The largest absolute Gasteiger partial charge is 0.494 e. The molecule has 1 fully saturated rings. The van der Waals surface area contributed by atoms with Crippen LogP contribution in [0.2, 0.25) is 0 Å². The van der Waals surface area contributed by atoms with E-state index >= 15 is 0 Å². The van der Waals surface area contributed by atoms with Crippen LogP contribution in [0.25, 0.3) is 11.3 Å². The van der Waals surface area contributed by atoms with Gasteiger partial charge in [0.25, 0.3) is 5.91 Å². The van der Waals surface area contributed by atoms with Gasteiger partial charge in [-0.25, -0.2) is 4.39 Å². The molecule has 1 saturated heterocycles. The third-order valence-electron chi connectivity index (χ3n) is 5.22. The van der Waals surface area contributed by atoms with E-state index in [-0.39, 0.29) is 17.7 Å². The van der Waals surface area contributed by atoms with Crippen LogP contribution in [-0.4, -0.2) is 42.3 Å². The minimum atomic E-state index is -0.539. The van der Waals surface area contributed by atoms with Crippen molar-refractivity contribution in [3.05, 3.63) is 66.0 Å². The number of H-pyrrole nitrogens is 1. The second kappa shape index (κ2) is 8.34. The molecule has 0 atom stereocenters. The Balaban J connectivity index is 1.33. The van der Waals surface area contributed by atoms with Crippen LogP contribution >= 0.6 is 0 Å². The van der Waals surface area contributed by atoms with Crippen molar-refractivity contribution in [1.29, 1.82) is 0 Å². The third-order valence-corrected chi connectivity index (χ3v) is 5.22. The summed E-state index contributed by atoms with van der Waals surface area (Å²) in [7, 11) is 1.40. The van der Waals surface area contributed by atoms with E-state index in [1.165, 1.54) is 19.2 Å². The molecule has 2 aromatic carbocycles. The maximum atomic E-state index is 13.8. The molecule has 150 valence electrons. The first-order valence-corrected chi connectivity index (χ1v) is 9.64. The third kappa shape index (κ3) is 4.23. The zero-order valence-electron chi connectivity index (χ0n) is 16.2. The second-order valence-electron chi connectivity index (χ2n) is 7.09. The maximum Gasteiger partial charge on any atom is 0.251 e. The van der Waals surface area contributed by atoms with Crippen molar-refractivity contribution in [2.24, 2.45) is 0 Å². The first-order chi connectivity index (χ1) is 14.1. The van der Waals surface area contributed by atoms with Gasteiger partial charge in [0.2, 0.25) is 0 Å². The fraction of sp³-hybridized carbons (Fsp3) is 0.273. The van der Waals surface area contributed by atoms with Gasteiger partial charge in [-0.3, -0.25) is 9.89 Å². The van der Waals surface area contributed by atoms with Gasteiger partial charge in [-0.2, -0.15) is 5.10 Å². The van der Waals surface area contributed by atoms with Gasteiger partial charge in [-0.05, 0) is 36.6 Å². The van der Waals surface area contributed by atoms with Crippen molar-refractivity contribution in [3.63, 3.8) is 0 Å². The maximum absolute atomic E-state index is 13.8. The van der Waals surface area contributed by atoms with E-state index in [2.05, 4.69) is 20.4 Å². The van der Waals surface area contributed by atoms with E-state index < -0.39 is 5.82 Å². The number of benzene rings is 2. The van der Waals surface area contributed by atoms with E-state index in [4.69, 9.17) is 4.74 Å². The number of carbonyl (C=O) groups is 1. The molecule has 7 heteroatoms. The smallest absolute Gasteiger partial charge is 0.251 e. The number of ether oxygens (including phenoxy) is 1. The molecule has 2 N–H and O–H groups in total. The highest BCUT2D eigenvalue weighted by molar-refractivity contribution is 5.94. The Morgan fingerprint density at radius 1 is 1.17 bits per heavy atom. The Morgan fingerprint density at radius 2 is 1.93 bits per heavy atom. The van der Waals surface area contributed by atoms with Crippen molar-refractivity contribution in [3.8, 4) is 17.0 Å². The summed E-state index contributed by atoms with van der Waals surface area (Å²) >= 11 is 0. The summed E-state index contributed by atoms with van der Waals surface area (Å²) in [5.74, 6) is 0.230. The second-order valence-corrected chi connectivity index (χ2v) is 7.09. The van der Waals surface area contributed by atoms with E-state index in [0.29, 0.717) is 5.56 Å². The molecule has 0 unspecified atom stereocenters. The normalized spacial score (nSPS) is 14.6. The molecule has 29 heavy (non-hydrogen) atoms. The van der Waals surface area contributed by atoms with Gasteiger partial charge in [0.05, 0.1) is 12.8 Å². The van der Waals surface area contributed by atoms with E-state index in [0.717, 1.165) is 43.0 Å². The number of rotatable bonds is 5. The van der Waals surface area contributed by atoms with Gasteiger partial charge in [0, 0.05) is 30.8 Å². The SMILES string of the molecule is COc1ccc(C(=O)NC2CCN(c3cc(-c4ccccc4)[nH]n3)CC2)cc1F. The van der Waals surface area contributed by atoms with E-state index in [1.807, 2.05) is 36.4 Å². The monoisotopic (exact) mass is 394 g/mol. The van der Waals surface area contributed by atoms with Crippen LogP contribution in [0, 0.1) is 5.82 Å². The molecule has 3 aromatic rings. The molecule has 0 bridgehead atoms. The number of nitrogens with zero attached hydrogens (tertiary/aromatic N) is 2. The lowest BCUT2D eigenvalue weighted by Crippen LogP contribution is -2.44. The van der Waals surface area contributed by atoms with Crippen molar-refractivity contribution in [2.75, 3.05) is 25.1 Å². The summed E-state index contributed by atoms with van der Waals surface area (Å²) in [6.07, 6.45) is 1.61. The van der Waals surface area contributed by atoms with Gasteiger partial charge in [0.1, 0.15) is 0 Å². The molecule has 1 aliphatic rings.